The van der Waals surface area contributed by atoms with E-state index in [0.717, 1.165) is 6.07 Å². The third-order valence-corrected chi connectivity index (χ3v) is 3.25. The molecule has 20 heavy (non-hydrogen) atoms. The van der Waals surface area contributed by atoms with Crippen molar-refractivity contribution >= 4 is 12.6 Å². The molecular weight excluding hydrogens is 289 g/mol. The SMILES string of the molecule is Cc1c(-c2cc(C(F)(F)F)nc(S)c2C#N)cnn1C. The highest BCUT2D eigenvalue weighted by Gasteiger charge is 2.34. The maximum absolute atomic E-state index is 12.8. The predicted octanol–water partition coefficient (Wildman–Crippen LogP) is 2.97. The van der Waals surface area contributed by atoms with Crippen molar-refractivity contribution < 1.29 is 13.2 Å². The van der Waals surface area contributed by atoms with E-state index in [9.17, 15) is 13.2 Å². The van der Waals surface area contributed by atoms with Gasteiger partial charge in [0.05, 0.1) is 11.8 Å². The molecule has 2 rings (SSSR count). The molecule has 0 amide bonds. The van der Waals surface area contributed by atoms with E-state index >= 15 is 0 Å². The fraction of sp³-hybridized carbons (Fsp3) is 0.250. The minimum Gasteiger partial charge on any atom is -0.272 e. The van der Waals surface area contributed by atoms with Gasteiger partial charge in [-0.15, -0.1) is 12.6 Å². The molecule has 2 aromatic rings. The van der Waals surface area contributed by atoms with Gasteiger partial charge in [-0.1, -0.05) is 0 Å². The van der Waals surface area contributed by atoms with Crippen molar-refractivity contribution in [3.8, 4) is 17.2 Å². The molecule has 0 aliphatic rings. The molecule has 0 unspecified atom stereocenters. The van der Waals surface area contributed by atoms with Gasteiger partial charge in [-0.2, -0.15) is 23.5 Å². The Morgan fingerprint density at radius 3 is 2.45 bits per heavy atom. The van der Waals surface area contributed by atoms with E-state index in [1.54, 1.807) is 14.0 Å². The fourth-order valence-electron chi connectivity index (χ4n) is 1.76. The Balaban J connectivity index is 2.77. The number of rotatable bonds is 1. The molecule has 0 radical (unpaired) electrons. The van der Waals surface area contributed by atoms with Crippen LogP contribution in [0, 0.1) is 18.3 Å². The van der Waals surface area contributed by atoms with E-state index < -0.39 is 11.9 Å². The van der Waals surface area contributed by atoms with Gasteiger partial charge in [-0.3, -0.25) is 4.68 Å². The summed E-state index contributed by atoms with van der Waals surface area (Å²) in [6.45, 7) is 1.70. The summed E-state index contributed by atoms with van der Waals surface area (Å²) in [5, 5.41) is 12.8. The summed E-state index contributed by atoms with van der Waals surface area (Å²) < 4.78 is 39.9. The Morgan fingerprint density at radius 1 is 1.35 bits per heavy atom. The quantitative estimate of drug-likeness (QED) is 0.824. The lowest BCUT2D eigenvalue weighted by Crippen LogP contribution is -2.09. The fourth-order valence-corrected chi connectivity index (χ4v) is 2.04. The lowest BCUT2D eigenvalue weighted by atomic mass is 10.0. The van der Waals surface area contributed by atoms with Gasteiger partial charge in [0.1, 0.15) is 16.8 Å². The van der Waals surface area contributed by atoms with Crippen molar-refractivity contribution in [1.29, 1.82) is 5.26 Å². The molecule has 2 heterocycles. The number of nitrogens with zero attached hydrogens (tertiary/aromatic N) is 4. The number of thiol groups is 1. The normalized spacial score (nSPS) is 11.4. The van der Waals surface area contributed by atoms with Crippen LogP contribution in [0.4, 0.5) is 13.2 Å². The van der Waals surface area contributed by atoms with Crippen LogP contribution in [0.25, 0.3) is 11.1 Å². The van der Waals surface area contributed by atoms with Crippen molar-refractivity contribution in [2.75, 3.05) is 0 Å². The van der Waals surface area contributed by atoms with Gasteiger partial charge in [0, 0.05) is 23.9 Å². The summed E-state index contributed by atoms with van der Waals surface area (Å²) in [4.78, 5) is 3.33. The summed E-state index contributed by atoms with van der Waals surface area (Å²) >= 11 is 3.88. The second-order valence-corrected chi connectivity index (χ2v) is 4.55. The van der Waals surface area contributed by atoms with Gasteiger partial charge in [0.25, 0.3) is 0 Å². The number of aromatic nitrogens is 3. The first-order valence-corrected chi connectivity index (χ1v) is 5.90. The number of aryl methyl sites for hydroxylation is 1. The zero-order valence-corrected chi connectivity index (χ0v) is 11.4. The molecule has 0 bridgehead atoms. The number of alkyl halides is 3. The average molecular weight is 298 g/mol. The molecule has 0 spiro atoms. The van der Waals surface area contributed by atoms with E-state index in [4.69, 9.17) is 5.26 Å². The van der Waals surface area contributed by atoms with Crippen LogP contribution in [-0.2, 0) is 13.2 Å². The number of hydrogen-bond donors (Lipinski definition) is 1. The van der Waals surface area contributed by atoms with Gasteiger partial charge in [-0.25, -0.2) is 4.98 Å². The number of nitriles is 1. The molecule has 0 saturated heterocycles. The molecule has 2 aromatic heterocycles. The molecule has 0 aromatic carbocycles. The van der Waals surface area contributed by atoms with Crippen LogP contribution < -0.4 is 0 Å². The van der Waals surface area contributed by atoms with Crippen molar-refractivity contribution in [3.05, 3.63) is 29.2 Å². The van der Waals surface area contributed by atoms with Crippen molar-refractivity contribution in [2.24, 2.45) is 7.05 Å². The highest BCUT2D eigenvalue weighted by atomic mass is 32.1. The van der Waals surface area contributed by atoms with Gasteiger partial charge >= 0.3 is 6.18 Å². The Bertz CT molecular complexity index is 713. The van der Waals surface area contributed by atoms with Gasteiger partial charge < -0.3 is 0 Å². The minimum absolute atomic E-state index is 0.00238. The van der Waals surface area contributed by atoms with Crippen LogP contribution in [0.15, 0.2) is 17.3 Å². The van der Waals surface area contributed by atoms with Crippen LogP contribution in [0.1, 0.15) is 17.0 Å². The molecule has 0 aliphatic heterocycles. The highest BCUT2D eigenvalue weighted by Crippen LogP contribution is 2.35. The first-order valence-electron chi connectivity index (χ1n) is 5.46. The van der Waals surface area contributed by atoms with Crippen molar-refractivity contribution in [1.82, 2.24) is 14.8 Å². The highest BCUT2D eigenvalue weighted by molar-refractivity contribution is 7.80. The Morgan fingerprint density at radius 2 is 2.00 bits per heavy atom. The molecule has 104 valence electrons. The molecule has 0 saturated carbocycles. The molecule has 8 heteroatoms. The molecule has 0 aliphatic carbocycles. The molecule has 0 fully saturated rings. The minimum atomic E-state index is -4.60. The lowest BCUT2D eigenvalue weighted by Gasteiger charge is -2.11. The molecule has 0 atom stereocenters. The van der Waals surface area contributed by atoms with E-state index in [1.165, 1.54) is 10.9 Å². The first kappa shape index (κ1) is 14.4. The smallest absolute Gasteiger partial charge is 0.272 e. The lowest BCUT2D eigenvalue weighted by molar-refractivity contribution is -0.141. The third kappa shape index (κ3) is 2.36. The maximum atomic E-state index is 12.8. The van der Waals surface area contributed by atoms with Crippen LogP contribution >= 0.6 is 12.6 Å². The van der Waals surface area contributed by atoms with Gasteiger partial charge in [0.15, 0.2) is 0 Å². The average Bonchev–Trinajstić information content (AvgIpc) is 2.68. The first-order chi connectivity index (χ1) is 9.25. The Kier molecular flexibility index (Phi) is 3.48. The summed E-state index contributed by atoms with van der Waals surface area (Å²) in [6.07, 6.45) is -3.19. The van der Waals surface area contributed by atoms with Crippen molar-refractivity contribution in [3.63, 3.8) is 0 Å². The zero-order valence-electron chi connectivity index (χ0n) is 10.5. The summed E-state index contributed by atoms with van der Waals surface area (Å²) in [6, 6.07) is 2.68. The zero-order chi connectivity index (χ0) is 15.1. The standard InChI is InChI=1S/C12H9F3N4S/c1-6-9(5-17-19(6)2)7-3-10(12(13,14)15)18-11(20)8(7)4-16/h3,5H,1-2H3,(H,18,20). The van der Waals surface area contributed by atoms with Crippen LogP contribution in [0.5, 0.6) is 0 Å². The molecule has 0 N–H and O–H groups in total. The van der Waals surface area contributed by atoms with Gasteiger partial charge in [-0.05, 0) is 13.0 Å². The number of halogens is 3. The van der Waals surface area contributed by atoms with E-state index in [2.05, 4.69) is 22.7 Å². The maximum Gasteiger partial charge on any atom is 0.433 e. The number of hydrogen-bond acceptors (Lipinski definition) is 4. The topological polar surface area (TPSA) is 54.5 Å². The summed E-state index contributed by atoms with van der Waals surface area (Å²) in [5.74, 6) is 0. The largest absolute Gasteiger partial charge is 0.433 e. The van der Waals surface area contributed by atoms with E-state index in [0.29, 0.717) is 11.3 Å². The molecule has 4 nitrogen and oxygen atoms in total. The number of pyridine rings is 1. The van der Waals surface area contributed by atoms with E-state index in [-0.39, 0.29) is 16.2 Å². The Hall–Kier alpha value is -2.01. The van der Waals surface area contributed by atoms with E-state index in [1.807, 2.05) is 6.07 Å². The third-order valence-electron chi connectivity index (χ3n) is 2.93. The Labute approximate surface area is 118 Å². The predicted molar refractivity (Wildman–Crippen MR) is 68.1 cm³/mol. The van der Waals surface area contributed by atoms with Crippen LogP contribution in [0.2, 0.25) is 0 Å². The summed E-state index contributed by atoms with van der Waals surface area (Å²) in [7, 11) is 1.67. The van der Waals surface area contributed by atoms with Gasteiger partial charge in [0.2, 0.25) is 0 Å². The van der Waals surface area contributed by atoms with Crippen LogP contribution in [0.3, 0.4) is 0 Å². The van der Waals surface area contributed by atoms with Crippen LogP contribution in [-0.4, -0.2) is 14.8 Å². The van der Waals surface area contributed by atoms with Crippen molar-refractivity contribution in [2.45, 2.75) is 18.1 Å². The molecular formula is C12H9F3N4S. The second kappa shape index (κ2) is 4.83. The monoisotopic (exact) mass is 298 g/mol. The summed E-state index contributed by atoms with van der Waals surface area (Å²) in [5.41, 5.74) is 0.142. The second-order valence-electron chi connectivity index (χ2n) is 4.13.